The van der Waals surface area contributed by atoms with Crippen molar-refractivity contribution in [1.82, 2.24) is 4.98 Å². The number of hydrogen-bond acceptors (Lipinski definition) is 4. The van der Waals surface area contributed by atoms with Crippen LogP contribution in [0.1, 0.15) is 22.8 Å². The number of nitrogens with zero attached hydrogens (tertiary/aromatic N) is 1. The lowest BCUT2D eigenvalue weighted by molar-refractivity contribution is 0.102. The van der Waals surface area contributed by atoms with Crippen LogP contribution >= 0.6 is 11.6 Å². The lowest BCUT2D eigenvalue weighted by Crippen LogP contribution is -2.11. The van der Waals surface area contributed by atoms with Crippen LogP contribution in [-0.2, 0) is 6.42 Å². The normalized spacial score (nSPS) is 10.9. The number of oxazole rings is 1. The van der Waals surface area contributed by atoms with Crippen molar-refractivity contribution in [2.75, 3.05) is 12.4 Å². The van der Waals surface area contributed by atoms with E-state index in [0.717, 1.165) is 12.0 Å². The molecular formula is C23H19ClN2O3. The molecule has 0 unspecified atom stereocenters. The van der Waals surface area contributed by atoms with Crippen LogP contribution in [0, 0.1) is 0 Å². The van der Waals surface area contributed by atoms with Gasteiger partial charge in [-0.3, -0.25) is 4.79 Å². The Balaban J connectivity index is 1.58. The third-order valence-electron chi connectivity index (χ3n) is 4.67. The van der Waals surface area contributed by atoms with Crippen LogP contribution in [0.25, 0.3) is 22.6 Å². The number of nitrogens with one attached hydrogen (secondary N) is 1. The maximum atomic E-state index is 12.5. The Bertz CT molecular complexity index is 1180. The largest absolute Gasteiger partial charge is 0.495 e. The highest BCUT2D eigenvalue weighted by atomic mass is 35.5. The molecule has 6 heteroatoms. The molecule has 0 saturated heterocycles. The summed E-state index contributed by atoms with van der Waals surface area (Å²) in [5, 5.41) is 3.38. The molecule has 4 aromatic rings. The van der Waals surface area contributed by atoms with Gasteiger partial charge < -0.3 is 14.5 Å². The number of ether oxygens (including phenoxy) is 1. The fraction of sp³-hybridized carbons (Fsp3) is 0.130. The molecule has 0 aliphatic rings. The minimum Gasteiger partial charge on any atom is -0.495 e. The number of rotatable bonds is 5. The van der Waals surface area contributed by atoms with E-state index in [-0.39, 0.29) is 5.91 Å². The Morgan fingerprint density at radius 1 is 1.10 bits per heavy atom. The van der Waals surface area contributed by atoms with Crippen LogP contribution in [0.5, 0.6) is 5.75 Å². The summed E-state index contributed by atoms with van der Waals surface area (Å²) >= 11 is 6.20. The van der Waals surface area contributed by atoms with Crippen molar-refractivity contribution in [2.45, 2.75) is 13.3 Å². The number of halogens is 1. The fourth-order valence-corrected chi connectivity index (χ4v) is 3.28. The number of carbonyl (C=O) groups is 1. The Labute approximate surface area is 173 Å². The van der Waals surface area contributed by atoms with Crippen molar-refractivity contribution >= 4 is 34.3 Å². The van der Waals surface area contributed by atoms with E-state index < -0.39 is 0 Å². The summed E-state index contributed by atoms with van der Waals surface area (Å²) in [6.07, 6.45) is 0.937. The second-order valence-corrected chi connectivity index (χ2v) is 6.96. The van der Waals surface area contributed by atoms with E-state index in [0.29, 0.717) is 39.0 Å². The number of benzene rings is 3. The number of amides is 1. The van der Waals surface area contributed by atoms with Crippen LogP contribution in [-0.4, -0.2) is 18.0 Å². The van der Waals surface area contributed by atoms with Crippen molar-refractivity contribution in [2.24, 2.45) is 0 Å². The number of methoxy groups -OCH3 is 1. The van der Waals surface area contributed by atoms with Crippen LogP contribution in [0.2, 0.25) is 5.02 Å². The molecule has 1 aromatic heterocycles. The Morgan fingerprint density at radius 3 is 2.59 bits per heavy atom. The zero-order valence-corrected chi connectivity index (χ0v) is 16.8. The molecule has 1 amide bonds. The van der Waals surface area contributed by atoms with Crippen LogP contribution in [0.15, 0.2) is 65.1 Å². The van der Waals surface area contributed by atoms with Crippen molar-refractivity contribution in [1.29, 1.82) is 0 Å². The third kappa shape index (κ3) is 3.96. The molecular weight excluding hydrogens is 388 g/mol. The molecule has 146 valence electrons. The minimum atomic E-state index is -0.169. The van der Waals surface area contributed by atoms with Gasteiger partial charge in [0.15, 0.2) is 5.58 Å². The summed E-state index contributed by atoms with van der Waals surface area (Å²) in [4.78, 5) is 17.0. The van der Waals surface area contributed by atoms with E-state index in [9.17, 15) is 4.79 Å². The summed E-state index contributed by atoms with van der Waals surface area (Å²) in [6, 6.07) is 18.3. The molecule has 0 spiro atoms. The number of hydrogen-bond donors (Lipinski definition) is 1. The number of aromatic nitrogens is 1. The summed E-state index contributed by atoms with van der Waals surface area (Å²) in [7, 11) is 1.56. The molecule has 0 radical (unpaired) electrons. The average Bonchev–Trinajstić information content (AvgIpc) is 3.17. The highest BCUT2D eigenvalue weighted by molar-refractivity contribution is 6.32. The van der Waals surface area contributed by atoms with Gasteiger partial charge in [0, 0.05) is 16.8 Å². The molecule has 1 heterocycles. The average molecular weight is 407 g/mol. The predicted octanol–water partition coefficient (Wildman–Crippen LogP) is 5.97. The van der Waals surface area contributed by atoms with Gasteiger partial charge in [0.1, 0.15) is 11.3 Å². The first kappa shape index (κ1) is 19.0. The summed E-state index contributed by atoms with van der Waals surface area (Å²) in [5.74, 6) is 0.865. The van der Waals surface area contributed by atoms with Crippen LogP contribution < -0.4 is 10.1 Å². The van der Waals surface area contributed by atoms with Gasteiger partial charge in [-0.15, -0.1) is 0 Å². The number of fused-ring (bicyclic) bond motifs is 1. The van der Waals surface area contributed by atoms with E-state index in [2.05, 4.69) is 17.2 Å². The number of anilines is 1. The number of carbonyl (C=O) groups excluding carboxylic acids is 1. The molecule has 0 aliphatic heterocycles. The second-order valence-electron chi connectivity index (χ2n) is 6.56. The summed E-state index contributed by atoms with van der Waals surface area (Å²) < 4.78 is 11.0. The van der Waals surface area contributed by atoms with Gasteiger partial charge in [-0.2, -0.15) is 0 Å². The molecule has 0 bridgehead atoms. The van der Waals surface area contributed by atoms with Gasteiger partial charge in [-0.05, 0) is 60.5 Å². The SMILES string of the molecule is CCc1ccc(C(=O)Nc2ccc3oc(-c4ccc(OC)c(Cl)c4)nc3c2)cc1. The van der Waals surface area contributed by atoms with Crippen molar-refractivity contribution in [3.05, 3.63) is 76.8 Å². The predicted molar refractivity (Wildman–Crippen MR) is 115 cm³/mol. The van der Waals surface area contributed by atoms with Crippen molar-refractivity contribution < 1.29 is 13.9 Å². The first-order chi connectivity index (χ1) is 14.1. The van der Waals surface area contributed by atoms with Gasteiger partial charge in [-0.25, -0.2) is 4.98 Å². The van der Waals surface area contributed by atoms with Gasteiger partial charge in [0.25, 0.3) is 5.91 Å². The quantitative estimate of drug-likeness (QED) is 0.443. The molecule has 29 heavy (non-hydrogen) atoms. The van der Waals surface area contributed by atoms with Crippen LogP contribution in [0.4, 0.5) is 5.69 Å². The lowest BCUT2D eigenvalue weighted by atomic mass is 10.1. The van der Waals surface area contributed by atoms with Gasteiger partial charge in [0.2, 0.25) is 5.89 Å². The first-order valence-electron chi connectivity index (χ1n) is 9.22. The molecule has 0 atom stereocenters. The smallest absolute Gasteiger partial charge is 0.255 e. The van der Waals surface area contributed by atoms with E-state index in [1.54, 1.807) is 37.4 Å². The number of aryl methyl sites for hydroxylation is 1. The Kier molecular flexibility index (Phi) is 5.23. The fourth-order valence-electron chi connectivity index (χ4n) is 3.02. The Hall–Kier alpha value is -3.31. The Morgan fingerprint density at radius 2 is 1.90 bits per heavy atom. The maximum absolute atomic E-state index is 12.5. The molecule has 1 N–H and O–H groups in total. The highest BCUT2D eigenvalue weighted by Gasteiger charge is 2.12. The van der Waals surface area contributed by atoms with E-state index in [4.69, 9.17) is 20.8 Å². The van der Waals surface area contributed by atoms with Crippen molar-refractivity contribution in [3.63, 3.8) is 0 Å². The zero-order valence-electron chi connectivity index (χ0n) is 16.0. The molecule has 5 nitrogen and oxygen atoms in total. The lowest BCUT2D eigenvalue weighted by Gasteiger charge is -2.05. The third-order valence-corrected chi connectivity index (χ3v) is 4.96. The van der Waals surface area contributed by atoms with Gasteiger partial charge in [0.05, 0.1) is 12.1 Å². The minimum absolute atomic E-state index is 0.169. The molecule has 3 aromatic carbocycles. The maximum Gasteiger partial charge on any atom is 0.255 e. The van der Waals surface area contributed by atoms with Crippen molar-refractivity contribution in [3.8, 4) is 17.2 Å². The topological polar surface area (TPSA) is 64.4 Å². The van der Waals surface area contributed by atoms with E-state index in [1.165, 1.54) is 5.56 Å². The van der Waals surface area contributed by atoms with E-state index in [1.807, 2.05) is 30.3 Å². The van der Waals surface area contributed by atoms with Gasteiger partial charge in [-0.1, -0.05) is 30.7 Å². The molecule has 0 saturated carbocycles. The van der Waals surface area contributed by atoms with Crippen LogP contribution in [0.3, 0.4) is 0 Å². The van der Waals surface area contributed by atoms with E-state index >= 15 is 0 Å². The monoisotopic (exact) mass is 406 g/mol. The first-order valence-corrected chi connectivity index (χ1v) is 9.60. The highest BCUT2D eigenvalue weighted by Crippen LogP contribution is 2.32. The molecule has 0 aliphatic carbocycles. The second kappa shape index (κ2) is 7.97. The molecule has 0 fully saturated rings. The van der Waals surface area contributed by atoms with Gasteiger partial charge >= 0.3 is 0 Å². The molecule has 4 rings (SSSR count). The zero-order chi connectivity index (χ0) is 20.4. The summed E-state index contributed by atoms with van der Waals surface area (Å²) in [6.45, 7) is 2.08. The summed E-state index contributed by atoms with van der Waals surface area (Å²) in [5.41, 5.74) is 4.46. The standard InChI is InChI=1S/C23H19ClN2O3/c1-3-14-4-6-15(7-5-14)22(27)25-17-9-11-21-19(13-17)26-23(29-21)16-8-10-20(28-2)18(24)12-16/h4-13H,3H2,1-2H3,(H,25,27).